The van der Waals surface area contributed by atoms with E-state index >= 15 is 0 Å². The molecular weight excluding hydrogens is 238 g/mol. The maximum absolute atomic E-state index is 5.98. The minimum atomic E-state index is 0.200. The second kappa shape index (κ2) is 4.14. The average molecular weight is 255 g/mol. The molecule has 1 saturated heterocycles. The zero-order valence-electron chi connectivity index (χ0n) is 10.9. The van der Waals surface area contributed by atoms with Gasteiger partial charge in [-0.1, -0.05) is 17.7 Å². The monoisotopic (exact) mass is 255 g/mol. The minimum Gasteiger partial charge on any atom is -0.467 e. The van der Waals surface area contributed by atoms with Crippen molar-refractivity contribution in [2.75, 3.05) is 11.9 Å². The van der Waals surface area contributed by atoms with Crippen molar-refractivity contribution in [2.45, 2.75) is 25.5 Å². The van der Waals surface area contributed by atoms with Gasteiger partial charge >= 0.3 is 0 Å². The molecule has 0 amide bonds. The highest BCUT2D eigenvalue weighted by molar-refractivity contribution is 5.57. The van der Waals surface area contributed by atoms with Gasteiger partial charge in [0, 0.05) is 23.8 Å². The normalized spacial score (nSPS) is 28.6. The lowest BCUT2D eigenvalue weighted by Gasteiger charge is -2.35. The second-order valence-corrected chi connectivity index (χ2v) is 5.47. The van der Waals surface area contributed by atoms with E-state index < -0.39 is 0 Å². The van der Waals surface area contributed by atoms with Crippen LogP contribution >= 0.6 is 0 Å². The van der Waals surface area contributed by atoms with E-state index in [2.05, 4.69) is 30.4 Å². The maximum Gasteiger partial charge on any atom is 0.126 e. The Hall–Kier alpha value is -1.74. The van der Waals surface area contributed by atoms with E-state index in [1.165, 1.54) is 16.8 Å². The number of nitrogens with one attached hydrogen (secondary N) is 1. The van der Waals surface area contributed by atoms with Crippen LogP contribution < -0.4 is 5.32 Å². The molecule has 3 atom stereocenters. The summed E-state index contributed by atoms with van der Waals surface area (Å²) >= 11 is 0. The molecule has 0 aliphatic carbocycles. The van der Waals surface area contributed by atoms with Gasteiger partial charge in [-0.25, -0.2) is 0 Å². The molecule has 3 heteroatoms. The molecule has 19 heavy (non-hydrogen) atoms. The highest BCUT2D eigenvalue weighted by Crippen LogP contribution is 2.49. The smallest absolute Gasteiger partial charge is 0.126 e. The highest BCUT2D eigenvalue weighted by Gasteiger charge is 2.42. The summed E-state index contributed by atoms with van der Waals surface area (Å²) in [5, 5.41) is 3.62. The van der Waals surface area contributed by atoms with Gasteiger partial charge in [0.05, 0.1) is 18.4 Å². The molecule has 0 saturated carbocycles. The van der Waals surface area contributed by atoms with Gasteiger partial charge in [0.2, 0.25) is 0 Å². The SMILES string of the molecule is Cc1ccc2c(c1)C1OCCC1C(c1ccco1)N2. The van der Waals surface area contributed by atoms with Gasteiger partial charge in [0.15, 0.2) is 0 Å². The Bertz CT molecular complexity index is 591. The Labute approximate surface area is 112 Å². The van der Waals surface area contributed by atoms with E-state index in [1.807, 2.05) is 12.1 Å². The van der Waals surface area contributed by atoms with Crippen molar-refractivity contribution in [1.29, 1.82) is 0 Å². The lowest BCUT2D eigenvalue weighted by Crippen LogP contribution is -2.29. The third-order valence-electron chi connectivity index (χ3n) is 4.24. The Morgan fingerprint density at radius 1 is 1.26 bits per heavy atom. The number of ether oxygens (including phenoxy) is 1. The number of fused-ring (bicyclic) bond motifs is 3. The van der Waals surface area contributed by atoms with E-state index in [9.17, 15) is 0 Å². The maximum atomic E-state index is 5.98. The number of rotatable bonds is 1. The van der Waals surface area contributed by atoms with Gasteiger partial charge in [-0.15, -0.1) is 0 Å². The standard InChI is InChI=1S/C16H17NO2/c1-10-4-5-13-12(9-10)16-11(6-8-19-16)15(17-13)14-3-2-7-18-14/h2-5,7,9,11,15-17H,6,8H2,1H3. The highest BCUT2D eigenvalue weighted by atomic mass is 16.5. The first kappa shape index (κ1) is 11.1. The van der Waals surface area contributed by atoms with Crippen molar-refractivity contribution < 1.29 is 9.15 Å². The first-order chi connectivity index (χ1) is 9.33. The van der Waals surface area contributed by atoms with Crippen LogP contribution in [-0.4, -0.2) is 6.61 Å². The molecule has 3 unspecified atom stereocenters. The molecule has 0 radical (unpaired) electrons. The number of hydrogen-bond acceptors (Lipinski definition) is 3. The summed E-state index contributed by atoms with van der Waals surface area (Å²) < 4.78 is 11.6. The Kier molecular flexibility index (Phi) is 2.42. The lowest BCUT2D eigenvalue weighted by molar-refractivity contribution is 0.0807. The topological polar surface area (TPSA) is 34.4 Å². The van der Waals surface area contributed by atoms with Crippen molar-refractivity contribution in [1.82, 2.24) is 0 Å². The third kappa shape index (κ3) is 1.69. The second-order valence-electron chi connectivity index (χ2n) is 5.47. The number of furan rings is 1. The summed E-state index contributed by atoms with van der Waals surface area (Å²) in [6, 6.07) is 10.7. The van der Waals surface area contributed by atoms with Gasteiger partial charge < -0.3 is 14.5 Å². The molecule has 3 nitrogen and oxygen atoms in total. The number of aryl methyl sites for hydroxylation is 1. The van der Waals surface area contributed by atoms with Crippen LogP contribution in [0.25, 0.3) is 0 Å². The number of anilines is 1. The summed E-state index contributed by atoms with van der Waals surface area (Å²) in [5.74, 6) is 1.46. The van der Waals surface area contributed by atoms with Crippen LogP contribution in [0.2, 0.25) is 0 Å². The fraction of sp³-hybridized carbons (Fsp3) is 0.375. The summed E-state index contributed by atoms with van der Waals surface area (Å²) in [5.41, 5.74) is 3.76. The van der Waals surface area contributed by atoms with Crippen molar-refractivity contribution in [3.05, 3.63) is 53.5 Å². The zero-order chi connectivity index (χ0) is 12.8. The van der Waals surface area contributed by atoms with E-state index in [0.29, 0.717) is 5.92 Å². The van der Waals surface area contributed by atoms with E-state index in [1.54, 1.807) is 6.26 Å². The Morgan fingerprint density at radius 2 is 2.21 bits per heavy atom. The van der Waals surface area contributed by atoms with E-state index in [0.717, 1.165) is 18.8 Å². The molecule has 0 bridgehead atoms. The molecule has 4 rings (SSSR count). The quantitative estimate of drug-likeness (QED) is 0.841. The summed E-state index contributed by atoms with van der Waals surface area (Å²) in [6.07, 6.45) is 3.02. The molecule has 1 aromatic heterocycles. The molecule has 1 fully saturated rings. The van der Waals surface area contributed by atoms with E-state index in [-0.39, 0.29) is 12.1 Å². The van der Waals surface area contributed by atoms with Gasteiger partial charge in [-0.05, 0) is 31.5 Å². The summed E-state index contributed by atoms with van der Waals surface area (Å²) in [7, 11) is 0. The number of hydrogen-bond donors (Lipinski definition) is 1. The van der Waals surface area contributed by atoms with Gasteiger partial charge in [0.1, 0.15) is 5.76 Å². The van der Waals surface area contributed by atoms with Gasteiger partial charge in [-0.2, -0.15) is 0 Å². The van der Waals surface area contributed by atoms with Crippen LogP contribution in [0.5, 0.6) is 0 Å². The van der Waals surface area contributed by atoms with Crippen LogP contribution in [0, 0.1) is 12.8 Å². The lowest BCUT2D eigenvalue weighted by atomic mass is 9.82. The third-order valence-corrected chi connectivity index (χ3v) is 4.24. The molecule has 1 aromatic carbocycles. The predicted octanol–water partition coefficient (Wildman–Crippen LogP) is 3.83. The van der Waals surface area contributed by atoms with Crippen molar-refractivity contribution >= 4 is 5.69 Å². The van der Waals surface area contributed by atoms with Crippen molar-refractivity contribution in [2.24, 2.45) is 5.92 Å². The molecule has 1 N–H and O–H groups in total. The Morgan fingerprint density at radius 3 is 3.05 bits per heavy atom. The molecule has 2 aromatic rings. The molecular formula is C16H17NO2. The average Bonchev–Trinajstić information content (AvgIpc) is 3.09. The van der Waals surface area contributed by atoms with Crippen molar-refractivity contribution in [3.63, 3.8) is 0 Å². The van der Waals surface area contributed by atoms with E-state index in [4.69, 9.17) is 9.15 Å². The summed E-state index contributed by atoms with van der Waals surface area (Å²) in [4.78, 5) is 0. The molecule has 2 aliphatic heterocycles. The largest absolute Gasteiger partial charge is 0.467 e. The van der Waals surface area contributed by atoms with Gasteiger partial charge in [-0.3, -0.25) is 0 Å². The van der Waals surface area contributed by atoms with Crippen LogP contribution in [0.4, 0.5) is 5.69 Å². The first-order valence-corrected chi connectivity index (χ1v) is 6.85. The Balaban J connectivity index is 1.80. The van der Waals surface area contributed by atoms with Crippen LogP contribution in [0.1, 0.15) is 35.5 Å². The molecule has 98 valence electrons. The van der Waals surface area contributed by atoms with Crippen LogP contribution in [0.15, 0.2) is 41.0 Å². The molecule has 0 spiro atoms. The fourth-order valence-corrected chi connectivity index (χ4v) is 3.34. The van der Waals surface area contributed by atoms with Crippen LogP contribution in [0.3, 0.4) is 0 Å². The number of benzene rings is 1. The molecule has 2 aliphatic rings. The molecule has 3 heterocycles. The predicted molar refractivity (Wildman–Crippen MR) is 73.1 cm³/mol. The summed E-state index contributed by atoms with van der Waals surface area (Å²) in [6.45, 7) is 2.96. The zero-order valence-corrected chi connectivity index (χ0v) is 10.9. The first-order valence-electron chi connectivity index (χ1n) is 6.85. The van der Waals surface area contributed by atoms with Crippen molar-refractivity contribution in [3.8, 4) is 0 Å². The van der Waals surface area contributed by atoms with Crippen LogP contribution in [-0.2, 0) is 4.74 Å². The fourth-order valence-electron chi connectivity index (χ4n) is 3.34. The minimum absolute atomic E-state index is 0.200. The van der Waals surface area contributed by atoms with Gasteiger partial charge in [0.25, 0.3) is 0 Å².